The second kappa shape index (κ2) is 61.6. The second-order valence-corrected chi connectivity index (χ2v) is 22.1. The highest BCUT2D eigenvalue weighted by Gasteiger charge is 2.18. The molecule has 0 aromatic carbocycles. The topological polar surface area (TPSA) is 95.9 Å². The van der Waals surface area contributed by atoms with Gasteiger partial charge in [0.05, 0.1) is 25.4 Å². The van der Waals surface area contributed by atoms with Gasteiger partial charge in [-0.3, -0.25) is 9.59 Å². The van der Waals surface area contributed by atoms with Crippen molar-refractivity contribution in [3.63, 3.8) is 0 Å². The third kappa shape index (κ3) is 57.4. The molecular weight excluding hydrogens is 887 g/mol. The number of hydrogen-bond acceptors (Lipinski definition) is 5. The van der Waals surface area contributed by atoms with Crippen molar-refractivity contribution in [2.24, 2.45) is 0 Å². The Morgan fingerprint density at radius 3 is 1.08 bits per heavy atom. The summed E-state index contributed by atoms with van der Waals surface area (Å²) in [7, 11) is 0. The summed E-state index contributed by atoms with van der Waals surface area (Å²) >= 11 is 0. The van der Waals surface area contributed by atoms with E-state index in [1.54, 1.807) is 6.08 Å². The van der Waals surface area contributed by atoms with E-state index >= 15 is 0 Å². The highest BCUT2D eigenvalue weighted by atomic mass is 16.5. The summed E-state index contributed by atoms with van der Waals surface area (Å²) in [5, 5.41) is 23.2. The summed E-state index contributed by atoms with van der Waals surface area (Å²) in [6.45, 7) is 4.89. The van der Waals surface area contributed by atoms with Crippen molar-refractivity contribution in [1.82, 2.24) is 5.32 Å². The Hall–Kier alpha value is -1.92. The second-order valence-electron chi connectivity index (χ2n) is 22.1. The third-order valence-electron chi connectivity index (χ3n) is 14.9. The average Bonchev–Trinajstić information content (AvgIpc) is 3.38. The van der Waals surface area contributed by atoms with Crippen LogP contribution in [0.15, 0.2) is 36.5 Å². The van der Waals surface area contributed by atoms with Crippen molar-refractivity contribution in [2.75, 3.05) is 13.2 Å². The fourth-order valence-corrected chi connectivity index (χ4v) is 9.96. The monoisotopic (exact) mass is 1010 g/mol. The number of aliphatic hydroxyl groups is 2. The summed E-state index contributed by atoms with van der Waals surface area (Å²) in [5.41, 5.74) is 0. The van der Waals surface area contributed by atoms with E-state index in [-0.39, 0.29) is 18.5 Å². The Labute approximate surface area is 449 Å². The fourth-order valence-electron chi connectivity index (χ4n) is 9.96. The van der Waals surface area contributed by atoms with Gasteiger partial charge in [0.2, 0.25) is 5.91 Å². The number of unbranched alkanes of at least 4 members (excludes halogenated alkanes) is 45. The first-order chi connectivity index (χ1) is 35.5. The molecule has 0 aromatic heterocycles. The van der Waals surface area contributed by atoms with Crippen LogP contribution in [0.1, 0.15) is 348 Å². The summed E-state index contributed by atoms with van der Waals surface area (Å²) in [6, 6.07) is -0.632. The molecule has 0 aromatic rings. The van der Waals surface area contributed by atoms with E-state index < -0.39 is 12.1 Å². The van der Waals surface area contributed by atoms with Crippen LogP contribution in [0.4, 0.5) is 0 Å². The van der Waals surface area contributed by atoms with Crippen molar-refractivity contribution in [1.29, 1.82) is 0 Å². The Balaban J connectivity index is 3.44. The fraction of sp³-hybridized carbons (Fsp3) is 0.879. The number of amides is 1. The number of esters is 1. The normalized spacial score (nSPS) is 12.8. The van der Waals surface area contributed by atoms with Gasteiger partial charge in [0.15, 0.2) is 0 Å². The van der Waals surface area contributed by atoms with Gasteiger partial charge in [-0.1, -0.05) is 307 Å². The smallest absolute Gasteiger partial charge is 0.305 e. The Morgan fingerprint density at radius 1 is 0.389 bits per heavy atom. The van der Waals surface area contributed by atoms with Crippen LogP contribution in [0.2, 0.25) is 0 Å². The number of nitrogens with one attached hydrogen (secondary N) is 1. The zero-order chi connectivity index (χ0) is 52.2. The number of aliphatic hydroxyl groups excluding tert-OH is 2. The quantitative estimate of drug-likeness (QED) is 0.0320. The van der Waals surface area contributed by atoms with Gasteiger partial charge in [0, 0.05) is 12.8 Å². The van der Waals surface area contributed by atoms with Crippen molar-refractivity contribution < 1.29 is 24.5 Å². The predicted molar refractivity (Wildman–Crippen MR) is 315 cm³/mol. The first-order valence-corrected chi connectivity index (χ1v) is 32.3. The minimum absolute atomic E-state index is 0.000861. The lowest BCUT2D eigenvalue weighted by molar-refractivity contribution is -0.143. The van der Waals surface area contributed by atoms with Gasteiger partial charge >= 0.3 is 5.97 Å². The molecule has 3 N–H and O–H groups in total. The molecule has 0 bridgehead atoms. The van der Waals surface area contributed by atoms with Crippen LogP contribution in [0, 0.1) is 0 Å². The molecule has 1 amide bonds. The van der Waals surface area contributed by atoms with Gasteiger partial charge < -0.3 is 20.3 Å². The van der Waals surface area contributed by atoms with E-state index in [4.69, 9.17) is 4.74 Å². The van der Waals surface area contributed by atoms with Crippen LogP contribution in [0.3, 0.4) is 0 Å². The minimum atomic E-state index is -0.849. The van der Waals surface area contributed by atoms with Crippen molar-refractivity contribution in [2.45, 2.75) is 360 Å². The molecule has 424 valence electrons. The molecular formula is C66H125NO5. The molecule has 0 saturated carbocycles. The molecule has 0 aliphatic rings. The van der Waals surface area contributed by atoms with E-state index in [1.165, 1.54) is 270 Å². The van der Waals surface area contributed by atoms with Crippen molar-refractivity contribution >= 4 is 11.9 Å². The van der Waals surface area contributed by atoms with E-state index in [0.717, 1.165) is 51.4 Å². The summed E-state index contributed by atoms with van der Waals surface area (Å²) in [4.78, 5) is 24.6. The maximum atomic E-state index is 12.5. The minimum Gasteiger partial charge on any atom is -0.466 e. The Bertz CT molecular complexity index is 1170. The number of carbonyl (C=O) groups is 2. The highest BCUT2D eigenvalue weighted by Crippen LogP contribution is 2.18. The first kappa shape index (κ1) is 70.1. The number of rotatable bonds is 60. The molecule has 0 aliphatic heterocycles. The number of allylic oxidation sites excluding steroid dienone is 5. The molecule has 72 heavy (non-hydrogen) atoms. The van der Waals surface area contributed by atoms with Crippen molar-refractivity contribution in [3.8, 4) is 0 Å². The molecule has 0 spiro atoms. The zero-order valence-electron chi connectivity index (χ0n) is 48.4. The number of ether oxygens (including phenoxy) is 1. The molecule has 6 heteroatoms. The van der Waals surface area contributed by atoms with Crippen LogP contribution < -0.4 is 5.32 Å². The molecule has 0 rings (SSSR count). The SMILES string of the molecule is CCCCC/C=C\C/C=C\CCCCCCCCCC(=O)OCCCCCCCCCCCCCCCCCCCCC(=O)NC(CO)C(O)/C=C/CCCCCCCCCCCCCCCCCCCC. The summed E-state index contributed by atoms with van der Waals surface area (Å²) in [6.07, 6.45) is 77.5. The van der Waals surface area contributed by atoms with E-state index in [1.807, 2.05) is 6.08 Å². The molecule has 0 fully saturated rings. The lowest BCUT2D eigenvalue weighted by Crippen LogP contribution is -2.45. The largest absolute Gasteiger partial charge is 0.466 e. The number of carbonyl (C=O) groups excluding carboxylic acids is 2. The lowest BCUT2D eigenvalue weighted by Gasteiger charge is -2.20. The zero-order valence-corrected chi connectivity index (χ0v) is 48.4. The summed E-state index contributed by atoms with van der Waals surface area (Å²) < 4.78 is 5.49. The molecule has 0 saturated heterocycles. The molecule has 6 nitrogen and oxygen atoms in total. The van der Waals surface area contributed by atoms with Gasteiger partial charge in [-0.2, -0.15) is 0 Å². The van der Waals surface area contributed by atoms with Crippen LogP contribution in [0.25, 0.3) is 0 Å². The van der Waals surface area contributed by atoms with Crippen LogP contribution in [-0.4, -0.2) is 47.4 Å². The molecule has 2 unspecified atom stereocenters. The third-order valence-corrected chi connectivity index (χ3v) is 14.9. The van der Waals surface area contributed by atoms with Crippen LogP contribution in [-0.2, 0) is 14.3 Å². The van der Waals surface area contributed by atoms with Gasteiger partial charge in [0.1, 0.15) is 0 Å². The molecule has 0 heterocycles. The van der Waals surface area contributed by atoms with E-state index in [9.17, 15) is 19.8 Å². The molecule has 0 aliphatic carbocycles. The van der Waals surface area contributed by atoms with Crippen molar-refractivity contribution in [3.05, 3.63) is 36.5 Å². The van der Waals surface area contributed by atoms with Gasteiger partial charge in [-0.15, -0.1) is 0 Å². The predicted octanol–water partition coefficient (Wildman–Crippen LogP) is 20.4. The van der Waals surface area contributed by atoms with E-state index in [2.05, 4.69) is 43.5 Å². The first-order valence-electron chi connectivity index (χ1n) is 32.3. The highest BCUT2D eigenvalue weighted by molar-refractivity contribution is 5.76. The van der Waals surface area contributed by atoms with E-state index in [0.29, 0.717) is 19.4 Å². The Kier molecular flexibility index (Phi) is 60.0. The van der Waals surface area contributed by atoms with Crippen LogP contribution >= 0.6 is 0 Å². The van der Waals surface area contributed by atoms with Crippen LogP contribution in [0.5, 0.6) is 0 Å². The standard InChI is InChI=1S/C66H125NO5/c1-3-5-7-9-11-13-15-17-19-21-22-23-27-30-34-38-42-46-50-54-58-64(69)63(62-68)67-65(70)59-55-51-47-43-39-35-31-28-24-25-29-33-37-41-45-49-53-57-61-72-66(71)60-56-52-48-44-40-36-32-26-20-18-16-14-12-10-8-6-4-2/h12,14,18,20,54,58,63-64,68-69H,3-11,13,15-17,19,21-53,55-57,59-62H2,1-2H3,(H,67,70)/b14-12-,20-18-,58-54+. The Morgan fingerprint density at radius 2 is 0.694 bits per heavy atom. The molecule has 0 radical (unpaired) electrons. The number of hydrogen-bond donors (Lipinski definition) is 3. The summed E-state index contributed by atoms with van der Waals surface area (Å²) in [5.74, 6) is -0.0703. The lowest BCUT2D eigenvalue weighted by atomic mass is 10.0. The maximum absolute atomic E-state index is 12.5. The average molecular weight is 1010 g/mol. The van der Waals surface area contributed by atoms with Gasteiger partial charge in [0.25, 0.3) is 0 Å². The van der Waals surface area contributed by atoms with Gasteiger partial charge in [-0.25, -0.2) is 0 Å². The molecule has 2 atom stereocenters. The maximum Gasteiger partial charge on any atom is 0.305 e. The van der Waals surface area contributed by atoms with Gasteiger partial charge in [-0.05, 0) is 64.2 Å².